The highest BCUT2D eigenvalue weighted by Crippen LogP contribution is 2.21. The van der Waals surface area contributed by atoms with Gasteiger partial charge in [0, 0.05) is 25.8 Å². The third-order valence-corrected chi connectivity index (χ3v) is 4.28. The van der Waals surface area contributed by atoms with E-state index in [1.165, 1.54) is 25.7 Å². The molecule has 1 amide bonds. The second-order valence-electron chi connectivity index (χ2n) is 7.59. The molecule has 1 aliphatic heterocycles. The van der Waals surface area contributed by atoms with Crippen LogP contribution < -0.4 is 5.32 Å². The monoisotopic (exact) mass is 328 g/mol. The van der Waals surface area contributed by atoms with Crippen molar-refractivity contribution in [3.63, 3.8) is 0 Å². The number of carbonyl (C=O) groups is 1. The molecule has 0 aromatic carbocycles. The molecule has 5 heteroatoms. The van der Waals surface area contributed by atoms with E-state index in [2.05, 4.69) is 17.1 Å². The minimum absolute atomic E-state index is 0.115. The average molecular weight is 328 g/mol. The first-order valence-electron chi connectivity index (χ1n) is 9.06. The lowest BCUT2D eigenvalue weighted by atomic mass is 9.96. The first-order valence-corrected chi connectivity index (χ1v) is 9.06. The number of hydrogen-bond donors (Lipinski definition) is 1. The summed E-state index contributed by atoms with van der Waals surface area (Å²) in [5, 5.41) is 3.02. The number of likely N-dealkylation sites (tertiary alicyclic amines) is 1. The Hall–Kier alpha value is -0.810. The fraction of sp³-hybridized carbons (Fsp3) is 0.944. The number of alkyl carbamates (subject to hydrolysis) is 1. The minimum atomic E-state index is -0.447. The van der Waals surface area contributed by atoms with Gasteiger partial charge in [0.25, 0.3) is 0 Å². The zero-order valence-corrected chi connectivity index (χ0v) is 15.7. The van der Waals surface area contributed by atoms with Crippen molar-refractivity contribution in [2.75, 3.05) is 26.8 Å². The molecule has 23 heavy (non-hydrogen) atoms. The molecule has 1 heterocycles. The van der Waals surface area contributed by atoms with Gasteiger partial charge in [0.2, 0.25) is 0 Å². The minimum Gasteiger partial charge on any atom is -0.444 e. The number of unbranched alkanes of at least 4 members (excludes halogenated alkanes) is 2. The zero-order valence-electron chi connectivity index (χ0n) is 15.7. The summed E-state index contributed by atoms with van der Waals surface area (Å²) in [4.78, 5) is 14.5. The first-order chi connectivity index (χ1) is 10.8. The molecule has 0 aromatic heterocycles. The van der Waals surface area contributed by atoms with Crippen LogP contribution in [0.25, 0.3) is 0 Å². The van der Waals surface area contributed by atoms with E-state index in [4.69, 9.17) is 9.47 Å². The largest absolute Gasteiger partial charge is 0.444 e. The molecule has 0 aromatic rings. The quantitative estimate of drug-likeness (QED) is 0.692. The van der Waals surface area contributed by atoms with Gasteiger partial charge in [0.05, 0.1) is 0 Å². The first kappa shape index (κ1) is 20.2. The summed E-state index contributed by atoms with van der Waals surface area (Å²) in [5.74, 6) is 0. The van der Waals surface area contributed by atoms with Gasteiger partial charge in [-0.3, -0.25) is 4.90 Å². The third-order valence-electron chi connectivity index (χ3n) is 4.28. The maximum Gasteiger partial charge on any atom is 0.407 e. The number of carbonyl (C=O) groups excluding carboxylic acids is 1. The predicted molar refractivity (Wildman–Crippen MR) is 93.8 cm³/mol. The van der Waals surface area contributed by atoms with Crippen LogP contribution in [0.4, 0.5) is 4.79 Å². The molecule has 0 saturated carbocycles. The van der Waals surface area contributed by atoms with Crippen LogP contribution in [0.15, 0.2) is 0 Å². The van der Waals surface area contributed by atoms with Gasteiger partial charge >= 0.3 is 6.09 Å². The molecule has 2 atom stereocenters. The van der Waals surface area contributed by atoms with Crippen LogP contribution in [0.1, 0.15) is 66.2 Å². The molecule has 1 fully saturated rings. The molecular weight excluding hydrogens is 292 g/mol. The number of nitrogens with zero attached hydrogens (tertiary/aromatic N) is 1. The van der Waals surface area contributed by atoms with Crippen LogP contribution >= 0.6 is 0 Å². The lowest BCUT2D eigenvalue weighted by Gasteiger charge is -2.39. The molecule has 0 radical (unpaired) electrons. The van der Waals surface area contributed by atoms with Crippen LogP contribution in [0.3, 0.4) is 0 Å². The van der Waals surface area contributed by atoms with Gasteiger partial charge in [-0.1, -0.05) is 6.42 Å². The summed E-state index contributed by atoms with van der Waals surface area (Å²) < 4.78 is 10.5. The summed E-state index contributed by atoms with van der Waals surface area (Å²) in [6.07, 6.45) is 6.86. The van der Waals surface area contributed by atoms with E-state index in [1.807, 2.05) is 20.8 Å². The summed E-state index contributed by atoms with van der Waals surface area (Å²) in [6, 6.07) is 0.530. The number of ether oxygens (including phenoxy) is 2. The van der Waals surface area contributed by atoms with Gasteiger partial charge in [-0.05, 0) is 72.9 Å². The van der Waals surface area contributed by atoms with Crippen molar-refractivity contribution in [1.82, 2.24) is 10.2 Å². The molecule has 1 aliphatic rings. The van der Waals surface area contributed by atoms with Crippen molar-refractivity contribution in [2.24, 2.45) is 0 Å². The second-order valence-corrected chi connectivity index (χ2v) is 7.59. The summed E-state index contributed by atoms with van der Waals surface area (Å²) >= 11 is 0. The fourth-order valence-electron chi connectivity index (χ4n) is 3.19. The zero-order chi connectivity index (χ0) is 17.3. The van der Waals surface area contributed by atoms with Crippen molar-refractivity contribution in [2.45, 2.75) is 83.9 Å². The standard InChI is InChI=1S/C18H36N2O3/c1-15(19-17(21)23-18(2,3)4)16-11-7-9-13-20(16)12-8-6-10-14-22-5/h15-16H,6-14H2,1-5H3,(H,19,21). The average Bonchev–Trinajstić information content (AvgIpc) is 2.45. The molecule has 2 unspecified atom stereocenters. The molecule has 1 rings (SSSR count). The molecular formula is C18H36N2O3. The SMILES string of the molecule is COCCCCCN1CCCCC1C(C)NC(=O)OC(C)(C)C. The molecule has 0 aliphatic carbocycles. The van der Waals surface area contributed by atoms with E-state index < -0.39 is 5.60 Å². The van der Waals surface area contributed by atoms with Gasteiger partial charge in [0.15, 0.2) is 0 Å². The topological polar surface area (TPSA) is 50.8 Å². The van der Waals surface area contributed by atoms with E-state index in [9.17, 15) is 4.79 Å². The van der Waals surface area contributed by atoms with Crippen LogP contribution in [-0.2, 0) is 9.47 Å². The Kier molecular flexibility index (Phi) is 8.92. The Morgan fingerprint density at radius 3 is 2.65 bits per heavy atom. The van der Waals surface area contributed by atoms with Crippen molar-refractivity contribution < 1.29 is 14.3 Å². The third kappa shape index (κ3) is 8.56. The summed E-state index contributed by atoms with van der Waals surface area (Å²) in [7, 11) is 1.75. The lowest BCUT2D eigenvalue weighted by Crippen LogP contribution is -2.53. The summed E-state index contributed by atoms with van der Waals surface area (Å²) in [5.41, 5.74) is -0.447. The molecule has 0 spiro atoms. The smallest absolute Gasteiger partial charge is 0.407 e. The van der Waals surface area contributed by atoms with E-state index >= 15 is 0 Å². The van der Waals surface area contributed by atoms with Crippen molar-refractivity contribution in [3.05, 3.63) is 0 Å². The van der Waals surface area contributed by atoms with Crippen LogP contribution in [0.2, 0.25) is 0 Å². The summed E-state index contributed by atoms with van der Waals surface area (Å²) in [6.45, 7) is 10.9. The van der Waals surface area contributed by atoms with Crippen molar-refractivity contribution in [1.29, 1.82) is 0 Å². The van der Waals surface area contributed by atoms with Crippen LogP contribution in [-0.4, -0.2) is 55.5 Å². The van der Waals surface area contributed by atoms with Crippen LogP contribution in [0.5, 0.6) is 0 Å². The Labute approximate surface area is 142 Å². The molecule has 1 N–H and O–H groups in total. The Bertz CT molecular complexity index is 342. The Morgan fingerprint density at radius 2 is 2.00 bits per heavy atom. The van der Waals surface area contributed by atoms with Gasteiger partial charge in [-0.25, -0.2) is 4.79 Å². The highest BCUT2D eigenvalue weighted by atomic mass is 16.6. The van der Waals surface area contributed by atoms with Crippen molar-refractivity contribution >= 4 is 6.09 Å². The van der Waals surface area contributed by atoms with Crippen LogP contribution in [0, 0.1) is 0 Å². The van der Waals surface area contributed by atoms with Gasteiger partial charge in [0.1, 0.15) is 5.60 Å². The number of hydrogen-bond acceptors (Lipinski definition) is 4. The lowest BCUT2D eigenvalue weighted by molar-refractivity contribution is 0.0441. The number of methoxy groups -OCH3 is 1. The Balaban J connectivity index is 2.41. The molecule has 1 saturated heterocycles. The highest BCUT2D eigenvalue weighted by Gasteiger charge is 2.29. The normalized spacial score (nSPS) is 21.0. The maximum absolute atomic E-state index is 12.0. The van der Waals surface area contributed by atoms with Gasteiger partial charge in [-0.15, -0.1) is 0 Å². The Morgan fingerprint density at radius 1 is 1.26 bits per heavy atom. The molecule has 5 nitrogen and oxygen atoms in total. The number of amides is 1. The predicted octanol–water partition coefficient (Wildman–Crippen LogP) is 3.57. The van der Waals surface area contributed by atoms with E-state index in [0.29, 0.717) is 6.04 Å². The number of piperidine rings is 1. The fourth-order valence-corrected chi connectivity index (χ4v) is 3.19. The number of nitrogens with one attached hydrogen (secondary N) is 1. The van der Waals surface area contributed by atoms with E-state index in [1.54, 1.807) is 7.11 Å². The maximum atomic E-state index is 12.0. The van der Waals surface area contributed by atoms with Gasteiger partial charge < -0.3 is 14.8 Å². The van der Waals surface area contributed by atoms with E-state index in [-0.39, 0.29) is 12.1 Å². The second kappa shape index (κ2) is 10.1. The highest BCUT2D eigenvalue weighted by molar-refractivity contribution is 5.68. The molecule has 136 valence electrons. The van der Waals surface area contributed by atoms with Gasteiger partial charge in [-0.2, -0.15) is 0 Å². The molecule has 0 bridgehead atoms. The number of rotatable bonds is 8. The van der Waals surface area contributed by atoms with Crippen molar-refractivity contribution in [3.8, 4) is 0 Å². The van der Waals surface area contributed by atoms with E-state index in [0.717, 1.165) is 32.5 Å².